The van der Waals surface area contributed by atoms with Crippen molar-refractivity contribution >= 4 is 11.9 Å². The predicted octanol–water partition coefficient (Wildman–Crippen LogP) is 1.80. The van der Waals surface area contributed by atoms with Crippen LogP contribution in [0.25, 0.3) is 0 Å². The summed E-state index contributed by atoms with van der Waals surface area (Å²) in [6.45, 7) is 4.05. The van der Waals surface area contributed by atoms with Crippen LogP contribution in [-0.4, -0.2) is 34.1 Å². The van der Waals surface area contributed by atoms with Crippen molar-refractivity contribution in [3.8, 4) is 0 Å². The van der Waals surface area contributed by atoms with Crippen LogP contribution in [-0.2, 0) is 0 Å². The van der Waals surface area contributed by atoms with Gasteiger partial charge in [-0.15, -0.1) is 0 Å². The van der Waals surface area contributed by atoms with Gasteiger partial charge < -0.3 is 10.0 Å². The van der Waals surface area contributed by atoms with E-state index in [1.54, 1.807) is 0 Å². The molecule has 2 heterocycles. The van der Waals surface area contributed by atoms with Gasteiger partial charge in [0.2, 0.25) is 5.95 Å². The highest BCUT2D eigenvalue weighted by molar-refractivity contribution is 5.85. The number of hydrogen-bond donors (Lipinski definition) is 1. The molecule has 0 spiro atoms. The Balaban J connectivity index is 2.08. The van der Waals surface area contributed by atoms with Crippen molar-refractivity contribution in [2.75, 3.05) is 18.0 Å². The Bertz CT molecular complexity index is 408. The van der Waals surface area contributed by atoms with E-state index >= 15 is 0 Å². The maximum Gasteiger partial charge on any atom is 0.354 e. The van der Waals surface area contributed by atoms with Gasteiger partial charge >= 0.3 is 5.97 Å². The first-order valence-corrected chi connectivity index (χ1v) is 6.02. The van der Waals surface area contributed by atoms with Crippen LogP contribution in [0.5, 0.6) is 0 Å². The fourth-order valence-corrected chi connectivity index (χ4v) is 2.28. The Hall–Kier alpha value is -1.65. The van der Waals surface area contributed by atoms with Crippen LogP contribution in [0.1, 0.15) is 36.7 Å². The predicted molar refractivity (Wildman–Crippen MR) is 64.2 cm³/mol. The van der Waals surface area contributed by atoms with Gasteiger partial charge in [0.15, 0.2) is 5.69 Å². The van der Waals surface area contributed by atoms with Crippen molar-refractivity contribution in [2.45, 2.75) is 26.2 Å². The molecule has 0 bridgehead atoms. The molecule has 1 saturated heterocycles. The monoisotopic (exact) mass is 235 g/mol. The molecule has 1 N–H and O–H groups in total. The standard InChI is InChI=1S/C12H17N3O2/c1-2-3-9-5-7-15(8-9)12-13-6-4-10(14-12)11(16)17/h4,6,9H,2-3,5,7-8H2,1H3,(H,16,17). The summed E-state index contributed by atoms with van der Waals surface area (Å²) in [5, 5.41) is 8.88. The zero-order valence-corrected chi connectivity index (χ0v) is 9.96. The molecule has 17 heavy (non-hydrogen) atoms. The van der Waals surface area contributed by atoms with Crippen molar-refractivity contribution < 1.29 is 9.90 Å². The lowest BCUT2D eigenvalue weighted by Gasteiger charge is -2.16. The van der Waals surface area contributed by atoms with Crippen molar-refractivity contribution in [3.05, 3.63) is 18.0 Å². The highest BCUT2D eigenvalue weighted by Crippen LogP contribution is 2.23. The van der Waals surface area contributed by atoms with Crippen molar-refractivity contribution in [3.63, 3.8) is 0 Å². The Morgan fingerprint density at radius 1 is 1.65 bits per heavy atom. The van der Waals surface area contributed by atoms with Crippen LogP contribution < -0.4 is 4.90 Å². The molecule has 0 aromatic carbocycles. The molecule has 1 atom stereocenters. The first-order valence-electron chi connectivity index (χ1n) is 6.02. The molecule has 5 nitrogen and oxygen atoms in total. The molecular formula is C12H17N3O2. The number of nitrogens with zero attached hydrogens (tertiary/aromatic N) is 3. The van der Waals surface area contributed by atoms with Crippen LogP contribution in [0.3, 0.4) is 0 Å². The van der Waals surface area contributed by atoms with Gasteiger partial charge in [-0.3, -0.25) is 0 Å². The molecule has 1 aliphatic heterocycles. The van der Waals surface area contributed by atoms with Crippen molar-refractivity contribution in [2.24, 2.45) is 5.92 Å². The SMILES string of the molecule is CCCC1CCN(c2nccc(C(=O)O)n2)C1. The zero-order valence-electron chi connectivity index (χ0n) is 9.96. The second-order valence-corrected chi connectivity index (χ2v) is 4.44. The third kappa shape index (κ3) is 2.72. The number of carboxylic acids is 1. The summed E-state index contributed by atoms with van der Waals surface area (Å²) in [6, 6.07) is 1.42. The number of hydrogen-bond acceptors (Lipinski definition) is 4. The quantitative estimate of drug-likeness (QED) is 0.862. The maximum atomic E-state index is 10.8. The lowest BCUT2D eigenvalue weighted by molar-refractivity contribution is 0.0690. The van der Waals surface area contributed by atoms with Crippen LogP contribution in [0.15, 0.2) is 12.3 Å². The third-order valence-electron chi connectivity index (χ3n) is 3.13. The van der Waals surface area contributed by atoms with Crippen LogP contribution in [0.2, 0.25) is 0 Å². The first-order chi connectivity index (χ1) is 8.20. The highest BCUT2D eigenvalue weighted by atomic mass is 16.4. The Labute approximate surface area is 100 Å². The minimum Gasteiger partial charge on any atom is -0.477 e. The zero-order chi connectivity index (χ0) is 12.3. The summed E-state index contributed by atoms with van der Waals surface area (Å²) < 4.78 is 0. The van der Waals surface area contributed by atoms with Gasteiger partial charge in [-0.1, -0.05) is 13.3 Å². The molecule has 1 aliphatic rings. The smallest absolute Gasteiger partial charge is 0.354 e. The molecule has 1 aromatic heterocycles. The number of aromatic carboxylic acids is 1. The maximum absolute atomic E-state index is 10.8. The van der Waals surface area contributed by atoms with Crippen molar-refractivity contribution in [1.29, 1.82) is 0 Å². The van der Waals surface area contributed by atoms with Gasteiger partial charge in [-0.2, -0.15) is 0 Å². The summed E-state index contributed by atoms with van der Waals surface area (Å²) in [5.74, 6) is 0.235. The van der Waals surface area contributed by atoms with E-state index < -0.39 is 5.97 Å². The van der Waals surface area contributed by atoms with Gasteiger partial charge in [-0.05, 0) is 24.8 Å². The molecule has 1 aromatic rings. The number of carboxylic acid groups (broad SMARTS) is 1. The number of rotatable bonds is 4. The second-order valence-electron chi connectivity index (χ2n) is 4.44. The highest BCUT2D eigenvalue weighted by Gasteiger charge is 2.24. The molecule has 0 saturated carbocycles. The summed E-state index contributed by atoms with van der Waals surface area (Å²) in [6.07, 6.45) is 5.07. The van der Waals surface area contributed by atoms with E-state index in [1.807, 2.05) is 0 Å². The van der Waals surface area contributed by atoms with E-state index in [4.69, 9.17) is 5.11 Å². The van der Waals surface area contributed by atoms with E-state index in [2.05, 4.69) is 21.8 Å². The van der Waals surface area contributed by atoms with Crippen LogP contribution in [0.4, 0.5) is 5.95 Å². The largest absolute Gasteiger partial charge is 0.477 e. The minimum atomic E-state index is -1.00. The average Bonchev–Trinajstić information content (AvgIpc) is 2.78. The molecule has 1 fully saturated rings. The van der Waals surface area contributed by atoms with E-state index in [1.165, 1.54) is 25.1 Å². The number of carbonyl (C=O) groups is 1. The van der Waals surface area contributed by atoms with Gasteiger partial charge in [-0.25, -0.2) is 14.8 Å². The molecular weight excluding hydrogens is 218 g/mol. The van der Waals surface area contributed by atoms with Gasteiger partial charge in [0.05, 0.1) is 0 Å². The lowest BCUT2D eigenvalue weighted by atomic mass is 10.0. The molecule has 5 heteroatoms. The molecule has 2 rings (SSSR count). The molecule has 92 valence electrons. The molecule has 0 radical (unpaired) electrons. The fourth-order valence-electron chi connectivity index (χ4n) is 2.28. The van der Waals surface area contributed by atoms with Crippen molar-refractivity contribution in [1.82, 2.24) is 9.97 Å². The minimum absolute atomic E-state index is 0.0638. The number of anilines is 1. The first kappa shape index (κ1) is 11.8. The van der Waals surface area contributed by atoms with Gasteiger partial charge in [0.25, 0.3) is 0 Å². The summed E-state index contributed by atoms with van der Waals surface area (Å²) >= 11 is 0. The molecule has 1 unspecified atom stereocenters. The Kier molecular flexibility index (Phi) is 3.56. The van der Waals surface area contributed by atoms with E-state index in [9.17, 15) is 4.79 Å². The summed E-state index contributed by atoms with van der Waals surface area (Å²) in [5.41, 5.74) is 0.0638. The van der Waals surface area contributed by atoms with Crippen LogP contribution >= 0.6 is 0 Å². The Morgan fingerprint density at radius 2 is 2.47 bits per heavy atom. The van der Waals surface area contributed by atoms with E-state index in [-0.39, 0.29) is 5.69 Å². The van der Waals surface area contributed by atoms with Gasteiger partial charge in [0, 0.05) is 19.3 Å². The molecule has 0 amide bonds. The second kappa shape index (κ2) is 5.12. The average molecular weight is 235 g/mol. The third-order valence-corrected chi connectivity index (χ3v) is 3.13. The fraction of sp³-hybridized carbons (Fsp3) is 0.583. The number of aromatic nitrogens is 2. The summed E-state index contributed by atoms with van der Waals surface area (Å²) in [7, 11) is 0. The lowest BCUT2D eigenvalue weighted by Crippen LogP contribution is -2.22. The van der Waals surface area contributed by atoms with E-state index in [0.717, 1.165) is 19.5 Å². The van der Waals surface area contributed by atoms with Gasteiger partial charge in [0.1, 0.15) is 0 Å². The van der Waals surface area contributed by atoms with Crippen LogP contribution in [0, 0.1) is 5.92 Å². The molecule has 0 aliphatic carbocycles. The normalized spacial score (nSPS) is 19.6. The topological polar surface area (TPSA) is 66.3 Å². The Morgan fingerprint density at radius 3 is 3.18 bits per heavy atom. The summed E-state index contributed by atoms with van der Waals surface area (Å²) in [4.78, 5) is 21.1. The van der Waals surface area contributed by atoms with E-state index in [0.29, 0.717) is 11.9 Å².